The second kappa shape index (κ2) is 10.4. The number of anilines is 1. The highest BCUT2D eigenvalue weighted by atomic mass is 32.2. The number of sulfonamides is 1. The lowest BCUT2D eigenvalue weighted by atomic mass is 9.64. The highest BCUT2D eigenvalue weighted by Gasteiger charge is 2.36. The molecule has 184 valence electrons. The van der Waals surface area contributed by atoms with Gasteiger partial charge >= 0.3 is 0 Å². The van der Waals surface area contributed by atoms with E-state index >= 15 is 0 Å². The average Bonchev–Trinajstić information content (AvgIpc) is 3.15. The lowest BCUT2D eigenvalue weighted by Gasteiger charge is -2.42. The van der Waals surface area contributed by atoms with Gasteiger partial charge in [0, 0.05) is 6.20 Å². The van der Waals surface area contributed by atoms with Gasteiger partial charge in [0.05, 0.1) is 20.0 Å². The van der Waals surface area contributed by atoms with Crippen LogP contribution in [-0.4, -0.2) is 49.9 Å². The maximum absolute atomic E-state index is 13.0. The molecule has 1 fully saturated rings. The molecular weight excluding hydrogens is 454 g/mol. The van der Waals surface area contributed by atoms with Crippen molar-refractivity contribution in [1.82, 2.24) is 14.8 Å². The van der Waals surface area contributed by atoms with Gasteiger partial charge < -0.3 is 9.47 Å². The fourth-order valence-corrected chi connectivity index (χ4v) is 5.51. The summed E-state index contributed by atoms with van der Waals surface area (Å²) >= 11 is 0. The Morgan fingerprint density at radius 1 is 1.26 bits per heavy atom. The summed E-state index contributed by atoms with van der Waals surface area (Å²) in [5.41, 5.74) is 1.62. The molecule has 1 aliphatic rings. The third-order valence-electron chi connectivity index (χ3n) is 5.83. The first kappa shape index (κ1) is 25.5. The number of benzene rings is 1. The van der Waals surface area contributed by atoms with Crippen molar-refractivity contribution >= 4 is 28.8 Å². The predicted molar refractivity (Wildman–Crippen MR) is 135 cm³/mol. The molecule has 0 amide bonds. The van der Waals surface area contributed by atoms with Crippen LogP contribution in [0.4, 0.5) is 5.95 Å². The monoisotopic (exact) mass is 487 g/mol. The number of hydrogen-bond acceptors (Lipinski definition) is 7. The zero-order valence-electron chi connectivity index (χ0n) is 20.4. The van der Waals surface area contributed by atoms with E-state index in [1.807, 2.05) is 6.92 Å². The Morgan fingerprint density at radius 2 is 1.91 bits per heavy atom. The first-order valence-corrected chi connectivity index (χ1v) is 12.7. The van der Waals surface area contributed by atoms with Crippen molar-refractivity contribution in [2.75, 3.05) is 24.7 Å². The Balaban J connectivity index is 1.98. The second-order valence-electron chi connectivity index (χ2n) is 9.27. The highest BCUT2D eigenvalue weighted by molar-refractivity contribution is 7.92. The number of rotatable bonds is 11. The summed E-state index contributed by atoms with van der Waals surface area (Å²) in [4.78, 5) is 3.75. The minimum absolute atomic E-state index is 0.0156. The number of methoxy groups -OCH3 is 2. The van der Waals surface area contributed by atoms with Gasteiger partial charge in [-0.3, -0.25) is 14.3 Å². The lowest BCUT2D eigenvalue weighted by Crippen LogP contribution is -2.33. The summed E-state index contributed by atoms with van der Waals surface area (Å²) < 4.78 is 41.2. The van der Waals surface area contributed by atoms with Crippen LogP contribution in [0.5, 0.6) is 11.5 Å². The van der Waals surface area contributed by atoms with Gasteiger partial charge in [-0.05, 0) is 68.0 Å². The predicted octanol–water partition coefficient (Wildman–Crippen LogP) is 4.47. The van der Waals surface area contributed by atoms with E-state index in [4.69, 9.17) is 9.47 Å². The van der Waals surface area contributed by atoms with Gasteiger partial charge in [0.2, 0.25) is 16.0 Å². The minimum Gasteiger partial charge on any atom is -0.494 e. The zero-order valence-corrected chi connectivity index (χ0v) is 21.2. The van der Waals surface area contributed by atoms with Crippen LogP contribution in [0.2, 0.25) is 0 Å². The first-order chi connectivity index (χ1) is 16.1. The van der Waals surface area contributed by atoms with E-state index in [0.717, 1.165) is 18.4 Å². The first-order valence-electron chi connectivity index (χ1n) is 11.1. The van der Waals surface area contributed by atoms with Crippen LogP contribution in [-0.2, 0) is 10.0 Å². The fourth-order valence-electron chi connectivity index (χ4n) is 4.36. The Hall–Kier alpha value is -3.14. The van der Waals surface area contributed by atoms with E-state index < -0.39 is 10.0 Å². The minimum atomic E-state index is -3.65. The van der Waals surface area contributed by atoms with E-state index in [-0.39, 0.29) is 11.7 Å². The van der Waals surface area contributed by atoms with Crippen molar-refractivity contribution in [3.63, 3.8) is 0 Å². The van der Waals surface area contributed by atoms with Crippen LogP contribution in [0.15, 0.2) is 41.0 Å². The Morgan fingerprint density at radius 3 is 2.47 bits per heavy atom. The summed E-state index contributed by atoms with van der Waals surface area (Å²) in [7, 11) is -0.588. The molecule has 2 aromatic rings. The normalized spacial score (nSPS) is 16.3. The summed E-state index contributed by atoms with van der Waals surface area (Å²) in [6, 6.07) is 5.30. The molecule has 1 aromatic carbocycles. The van der Waals surface area contributed by atoms with E-state index in [2.05, 4.69) is 40.5 Å². The molecule has 0 bridgehead atoms. The van der Waals surface area contributed by atoms with Gasteiger partial charge in [-0.15, -0.1) is 10.2 Å². The van der Waals surface area contributed by atoms with Gasteiger partial charge in [-0.2, -0.15) is 0 Å². The Labute approximate surface area is 201 Å². The number of ether oxygens (including phenoxy) is 2. The molecule has 0 radical (unpaired) electrons. The van der Waals surface area contributed by atoms with Crippen LogP contribution in [0.3, 0.4) is 0 Å². The molecule has 0 aliphatic heterocycles. The number of aromatic nitrogens is 3. The third kappa shape index (κ3) is 6.05. The van der Waals surface area contributed by atoms with Gasteiger partial charge in [0.15, 0.2) is 5.82 Å². The topological polar surface area (TPSA) is 108 Å². The highest BCUT2D eigenvalue weighted by Crippen LogP contribution is 2.46. The number of hydrogen-bond donors (Lipinski definition) is 1. The molecule has 0 atom stereocenters. The number of aliphatic imine (C=N–C) groups is 1. The van der Waals surface area contributed by atoms with Crippen molar-refractivity contribution in [3.8, 4) is 17.2 Å². The van der Waals surface area contributed by atoms with E-state index in [0.29, 0.717) is 40.8 Å². The molecule has 1 saturated carbocycles. The smallest absolute Gasteiger partial charge is 0.243 e. The number of allylic oxidation sites excluding steroid dienone is 2. The number of nitrogens with one attached hydrogen (secondary N) is 1. The standard InChI is InChI=1S/C24H33N5O4S/c1-17(16-25-4)10-11-21-26-27-23(28-34(30,31)13-12-18-14-24(2,3)15-18)29(21)22-19(32-5)8-7-9-20(22)33-6/h7-11,16,18H,4,12-15H2,1-3,5-6H3,(H,27,28)/b11-10+,17-16-. The van der Waals surface area contributed by atoms with Gasteiger partial charge in [0.25, 0.3) is 0 Å². The molecule has 1 aromatic heterocycles. The maximum Gasteiger partial charge on any atom is 0.243 e. The second-order valence-corrected chi connectivity index (χ2v) is 11.1. The fraction of sp³-hybridized carbons (Fsp3) is 0.458. The average molecular weight is 488 g/mol. The maximum atomic E-state index is 13.0. The molecule has 0 unspecified atom stereocenters. The molecule has 1 N–H and O–H groups in total. The van der Waals surface area contributed by atoms with Gasteiger partial charge in [0.1, 0.15) is 17.2 Å². The molecule has 0 spiro atoms. The number of nitrogens with zero attached hydrogens (tertiary/aromatic N) is 4. The molecule has 1 aliphatic carbocycles. The van der Waals surface area contributed by atoms with E-state index in [1.54, 1.807) is 41.1 Å². The van der Waals surface area contributed by atoms with E-state index in [9.17, 15) is 8.42 Å². The summed E-state index contributed by atoms with van der Waals surface area (Å²) in [5.74, 6) is 1.84. The van der Waals surface area contributed by atoms with Crippen LogP contribution < -0.4 is 14.2 Å². The lowest BCUT2D eigenvalue weighted by molar-refractivity contribution is 0.0944. The molecule has 34 heavy (non-hydrogen) atoms. The summed E-state index contributed by atoms with van der Waals surface area (Å²) in [5, 5.41) is 8.36. The summed E-state index contributed by atoms with van der Waals surface area (Å²) in [6.07, 6.45) is 7.79. The largest absolute Gasteiger partial charge is 0.494 e. The molecular formula is C24H33N5O4S. The van der Waals surface area contributed by atoms with Crippen LogP contribution in [0.25, 0.3) is 11.8 Å². The molecule has 9 nitrogen and oxygen atoms in total. The van der Waals surface area contributed by atoms with Crippen molar-refractivity contribution in [3.05, 3.63) is 41.9 Å². The quantitative estimate of drug-likeness (QED) is 0.370. The molecule has 3 rings (SSSR count). The van der Waals surface area contributed by atoms with Crippen LogP contribution in [0.1, 0.15) is 45.9 Å². The van der Waals surface area contributed by atoms with Crippen LogP contribution in [0, 0.1) is 11.3 Å². The van der Waals surface area contributed by atoms with E-state index in [1.165, 1.54) is 14.2 Å². The van der Waals surface area contributed by atoms with Crippen molar-refractivity contribution in [2.45, 2.75) is 40.0 Å². The van der Waals surface area contributed by atoms with Crippen LogP contribution >= 0.6 is 0 Å². The number of para-hydroxylation sites is 1. The molecule has 10 heteroatoms. The zero-order chi connectivity index (χ0) is 24.9. The van der Waals surface area contributed by atoms with Crippen molar-refractivity contribution in [2.24, 2.45) is 16.3 Å². The third-order valence-corrected chi connectivity index (χ3v) is 7.09. The molecule has 1 heterocycles. The van der Waals surface area contributed by atoms with Gasteiger partial charge in [-0.25, -0.2) is 8.42 Å². The Kier molecular flexibility index (Phi) is 7.81. The van der Waals surface area contributed by atoms with Crippen molar-refractivity contribution in [1.29, 1.82) is 0 Å². The molecule has 0 saturated heterocycles. The SMILES string of the molecule is C=N/C=C(C)\C=C\c1nnc(NS(=O)(=O)CCC2CC(C)(C)C2)n1-c1c(OC)cccc1OC. The summed E-state index contributed by atoms with van der Waals surface area (Å²) in [6.45, 7) is 9.73. The van der Waals surface area contributed by atoms with Crippen molar-refractivity contribution < 1.29 is 17.9 Å². The van der Waals surface area contributed by atoms with Gasteiger partial charge in [-0.1, -0.05) is 26.0 Å². The Bertz CT molecular complexity index is 1170.